The molecule has 3 heteroatoms. The minimum absolute atomic E-state index is 0.390. The molecule has 5 aromatic carbocycles. The van der Waals surface area contributed by atoms with Crippen molar-refractivity contribution in [1.29, 1.82) is 5.26 Å². The average Bonchev–Trinajstić information content (AvgIpc) is 3.55. The van der Waals surface area contributed by atoms with E-state index in [1.807, 2.05) is 0 Å². The van der Waals surface area contributed by atoms with Gasteiger partial charge in [0.25, 0.3) is 0 Å². The van der Waals surface area contributed by atoms with Gasteiger partial charge in [0.15, 0.2) is 0 Å². The van der Waals surface area contributed by atoms with E-state index < -0.39 is 0 Å². The molecule has 0 N–H and O–H groups in total. The second-order valence-corrected chi connectivity index (χ2v) is 11.1. The molecule has 0 radical (unpaired) electrons. The van der Waals surface area contributed by atoms with Gasteiger partial charge < -0.3 is 9.13 Å². The lowest BCUT2D eigenvalue weighted by Gasteiger charge is -2.33. The summed E-state index contributed by atoms with van der Waals surface area (Å²) in [6.07, 6.45) is 5.23. The molecule has 0 saturated carbocycles. The largest absolute Gasteiger partial charge is 0.331 e. The molecular formula is C38H27N3. The minimum Gasteiger partial charge on any atom is -0.331 e. The Hall–Kier alpha value is -5.33. The number of aromatic nitrogens is 2. The Balaban J connectivity index is 1.33. The van der Waals surface area contributed by atoms with E-state index in [2.05, 4.69) is 156 Å². The fraction of sp³-hybridized carbons (Fsp3) is 0.0789. The van der Waals surface area contributed by atoms with Crippen LogP contribution >= 0.6 is 0 Å². The lowest BCUT2D eigenvalue weighted by molar-refractivity contribution is 0.437. The van der Waals surface area contributed by atoms with Gasteiger partial charge in [-0.15, -0.1) is 0 Å². The van der Waals surface area contributed by atoms with Gasteiger partial charge in [-0.25, -0.2) is 0 Å². The van der Waals surface area contributed by atoms with Gasteiger partial charge in [-0.05, 0) is 55.3 Å². The van der Waals surface area contributed by atoms with E-state index in [9.17, 15) is 5.26 Å². The highest BCUT2D eigenvalue weighted by molar-refractivity contribution is 6.10. The number of para-hydroxylation sites is 5. The predicted molar refractivity (Wildman–Crippen MR) is 170 cm³/mol. The Morgan fingerprint density at radius 3 is 1.63 bits per heavy atom. The number of fused-ring (bicyclic) bond motifs is 6. The average molecular weight is 526 g/mol. The molecule has 7 aromatic rings. The number of hydrogen-bond donors (Lipinski definition) is 0. The van der Waals surface area contributed by atoms with Gasteiger partial charge in [0, 0.05) is 38.1 Å². The van der Waals surface area contributed by atoms with E-state index in [0.717, 1.165) is 34.3 Å². The van der Waals surface area contributed by atoms with Gasteiger partial charge in [-0.2, -0.15) is 5.26 Å². The fourth-order valence-corrected chi connectivity index (χ4v) is 6.92. The summed E-state index contributed by atoms with van der Waals surface area (Å²) in [5.41, 5.74) is 8.15. The van der Waals surface area contributed by atoms with Crippen LogP contribution in [0.2, 0.25) is 0 Å². The van der Waals surface area contributed by atoms with E-state index in [1.165, 1.54) is 32.6 Å². The predicted octanol–water partition coefficient (Wildman–Crippen LogP) is 9.54. The molecule has 8 rings (SSSR count). The first-order valence-corrected chi connectivity index (χ1v) is 14.1. The zero-order valence-electron chi connectivity index (χ0n) is 22.8. The van der Waals surface area contributed by atoms with Crippen molar-refractivity contribution in [2.45, 2.75) is 18.9 Å². The van der Waals surface area contributed by atoms with Crippen molar-refractivity contribution in [3.63, 3.8) is 0 Å². The van der Waals surface area contributed by atoms with Crippen LogP contribution in [0.4, 0.5) is 0 Å². The zero-order chi connectivity index (χ0) is 27.6. The summed E-state index contributed by atoms with van der Waals surface area (Å²) in [6.45, 7) is 2.25. The molecule has 3 nitrogen and oxygen atoms in total. The second kappa shape index (κ2) is 8.84. The molecule has 2 heterocycles. The zero-order valence-corrected chi connectivity index (χ0v) is 22.8. The Kier molecular flexibility index (Phi) is 5.08. The monoisotopic (exact) mass is 525 g/mol. The van der Waals surface area contributed by atoms with E-state index in [-0.39, 0.29) is 5.54 Å². The first-order valence-electron chi connectivity index (χ1n) is 14.1. The number of rotatable bonds is 3. The maximum atomic E-state index is 10.6. The third-order valence-electron chi connectivity index (χ3n) is 8.69. The number of hydrogen-bond acceptors (Lipinski definition) is 1. The molecule has 0 bridgehead atoms. The van der Waals surface area contributed by atoms with Gasteiger partial charge >= 0.3 is 0 Å². The van der Waals surface area contributed by atoms with Crippen molar-refractivity contribution < 1.29 is 0 Å². The quantitative estimate of drug-likeness (QED) is 0.226. The van der Waals surface area contributed by atoms with Crippen LogP contribution in [0.1, 0.15) is 18.9 Å². The summed E-state index contributed by atoms with van der Waals surface area (Å²) in [5, 5.41) is 15.5. The summed E-state index contributed by atoms with van der Waals surface area (Å²) >= 11 is 0. The number of nitriles is 1. The van der Waals surface area contributed by atoms with Crippen molar-refractivity contribution in [2.75, 3.05) is 0 Å². The Morgan fingerprint density at radius 2 is 1.07 bits per heavy atom. The molecule has 1 unspecified atom stereocenters. The number of allylic oxidation sites excluding steroid dienone is 4. The summed E-state index contributed by atoms with van der Waals surface area (Å²) in [5.74, 6) is 0. The van der Waals surface area contributed by atoms with Crippen molar-refractivity contribution in [2.24, 2.45) is 0 Å². The molecule has 41 heavy (non-hydrogen) atoms. The second-order valence-electron chi connectivity index (χ2n) is 11.1. The summed E-state index contributed by atoms with van der Waals surface area (Å²) in [7, 11) is 0. The van der Waals surface area contributed by atoms with Crippen LogP contribution in [0.25, 0.3) is 54.9 Å². The van der Waals surface area contributed by atoms with Crippen LogP contribution in [-0.2, 0) is 5.54 Å². The fourth-order valence-electron chi connectivity index (χ4n) is 6.92. The normalized spacial score (nSPS) is 17.2. The SMILES string of the molecule is CC1(n2c3ccccc3c3ccccc32)C=C(C#N)C(c2ccccc2-n2c3ccccc3c3ccccc32)=CC1. The molecule has 0 saturated heterocycles. The molecule has 0 amide bonds. The van der Waals surface area contributed by atoms with E-state index in [0.29, 0.717) is 5.57 Å². The van der Waals surface area contributed by atoms with Crippen molar-refractivity contribution in [3.8, 4) is 11.8 Å². The third-order valence-corrected chi connectivity index (χ3v) is 8.69. The molecule has 1 aliphatic rings. The van der Waals surface area contributed by atoms with Crippen molar-refractivity contribution >= 4 is 49.2 Å². The van der Waals surface area contributed by atoms with E-state index in [1.54, 1.807) is 0 Å². The standard InChI is InChI=1S/C38H27N3/c1-38(41-36-20-10-5-15-31(36)32-16-6-11-21-37(32)41)23-22-27(26(24-38)25-39)28-12-2-7-17-33(28)40-34-18-8-3-13-29(34)30-14-4-9-19-35(30)40/h2-22,24H,23H2,1H3. The third kappa shape index (κ3) is 3.38. The van der Waals surface area contributed by atoms with E-state index >= 15 is 0 Å². The smallest absolute Gasteiger partial charge is 0.0995 e. The highest BCUT2D eigenvalue weighted by atomic mass is 15.1. The highest BCUT2D eigenvalue weighted by Gasteiger charge is 2.32. The Labute approximate surface area is 238 Å². The molecule has 2 aromatic heterocycles. The summed E-state index contributed by atoms with van der Waals surface area (Å²) in [4.78, 5) is 0. The van der Waals surface area contributed by atoms with Crippen LogP contribution in [0.5, 0.6) is 0 Å². The summed E-state index contributed by atoms with van der Waals surface area (Å²) < 4.78 is 4.76. The summed E-state index contributed by atoms with van der Waals surface area (Å²) in [6, 6.07) is 45.4. The lowest BCUT2D eigenvalue weighted by atomic mass is 9.82. The van der Waals surface area contributed by atoms with Gasteiger partial charge in [-0.3, -0.25) is 0 Å². The van der Waals surface area contributed by atoms with Gasteiger partial charge in [-0.1, -0.05) is 97.1 Å². The topological polar surface area (TPSA) is 33.6 Å². The highest BCUT2D eigenvalue weighted by Crippen LogP contribution is 2.43. The van der Waals surface area contributed by atoms with Crippen LogP contribution in [0.3, 0.4) is 0 Å². The van der Waals surface area contributed by atoms with Crippen LogP contribution in [-0.4, -0.2) is 9.13 Å². The molecule has 0 fully saturated rings. The van der Waals surface area contributed by atoms with Crippen LogP contribution in [0.15, 0.2) is 139 Å². The number of benzene rings is 5. The first-order chi connectivity index (χ1) is 20.2. The van der Waals surface area contributed by atoms with Crippen LogP contribution < -0.4 is 0 Å². The molecule has 1 atom stereocenters. The van der Waals surface area contributed by atoms with Gasteiger partial charge in [0.1, 0.15) is 0 Å². The molecule has 194 valence electrons. The van der Waals surface area contributed by atoms with Crippen molar-refractivity contribution in [1.82, 2.24) is 9.13 Å². The Morgan fingerprint density at radius 1 is 0.610 bits per heavy atom. The lowest BCUT2D eigenvalue weighted by Crippen LogP contribution is -2.29. The number of nitrogens with zero attached hydrogens (tertiary/aromatic N) is 3. The molecular weight excluding hydrogens is 498 g/mol. The minimum atomic E-state index is -0.390. The molecule has 0 spiro atoms. The van der Waals surface area contributed by atoms with Gasteiger partial charge in [0.2, 0.25) is 0 Å². The molecule has 1 aliphatic carbocycles. The van der Waals surface area contributed by atoms with Crippen LogP contribution in [0, 0.1) is 11.3 Å². The Bertz CT molecular complexity index is 2160. The maximum absolute atomic E-state index is 10.6. The van der Waals surface area contributed by atoms with Crippen molar-refractivity contribution in [3.05, 3.63) is 145 Å². The first kappa shape index (κ1) is 23.5. The molecule has 0 aliphatic heterocycles. The van der Waals surface area contributed by atoms with E-state index in [4.69, 9.17) is 0 Å². The van der Waals surface area contributed by atoms with Gasteiger partial charge in [0.05, 0.1) is 33.9 Å². The maximum Gasteiger partial charge on any atom is 0.0995 e.